The van der Waals surface area contributed by atoms with Crippen molar-refractivity contribution in [3.63, 3.8) is 0 Å². The first-order valence-corrected chi connectivity index (χ1v) is 20.5. The molecule has 1 N–H and O–H groups in total. The second-order valence-corrected chi connectivity index (χ2v) is 15.3. The molecule has 2 fully saturated rings. The Labute approximate surface area is 266 Å². The molecule has 0 spiro atoms. The summed E-state index contributed by atoms with van der Waals surface area (Å²) >= 11 is 0. The van der Waals surface area contributed by atoms with Gasteiger partial charge in [-0.25, -0.2) is 0 Å². The molecule has 0 aromatic rings. The van der Waals surface area contributed by atoms with Gasteiger partial charge in [0.15, 0.2) is 0 Å². The standard InChI is InChI=1S/C41H80O/c1-2-3-4-5-6-7-8-9-10-11-12-13-14-17-20-23-26-29-32-38-35-39(38)33-30-27-24-21-18-15-16-19-22-25-28-31-34-40-36-41(40)37-42/h38-42H,2-37H2,1H3/t38-,39+,40-,41-/m1/s1. The predicted molar refractivity (Wildman–Crippen MR) is 188 cm³/mol. The zero-order chi connectivity index (χ0) is 29.8. The average Bonchev–Trinajstić information content (AvgIpc) is 3.93. The van der Waals surface area contributed by atoms with Gasteiger partial charge in [0, 0.05) is 6.61 Å². The molecule has 1 heteroatoms. The van der Waals surface area contributed by atoms with E-state index in [1.54, 1.807) is 19.3 Å². The van der Waals surface area contributed by atoms with Crippen molar-refractivity contribution in [1.82, 2.24) is 0 Å². The van der Waals surface area contributed by atoms with Crippen molar-refractivity contribution < 1.29 is 5.11 Å². The first kappa shape index (κ1) is 38.1. The molecule has 2 aliphatic rings. The third-order valence-corrected chi connectivity index (χ3v) is 11.2. The molecule has 0 bridgehead atoms. The van der Waals surface area contributed by atoms with Gasteiger partial charge in [0.1, 0.15) is 0 Å². The Morgan fingerprint density at radius 1 is 0.310 bits per heavy atom. The molecule has 0 aromatic carbocycles. The van der Waals surface area contributed by atoms with E-state index in [0.717, 1.165) is 17.8 Å². The molecule has 0 unspecified atom stereocenters. The predicted octanol–water partition coefficient (Wildman–Crippen LogP) is 14.1. The molecular formula is C41H80O. The fourth-order valence-corrected chi connectivity index (χ4v) is 7.79. The number of hydrogen-bond donors (Lipinski definition) is 1. The van der Waals surface area contributed by atoms with Crippen LogP contribution in [0.3, 0.4) is 0 Å². The van der Waals surface area contributed by atoms with Crippen LogP contribution in [0.2, 0.25) is 0 Å². The number of hydrogen-bond acceptors (Lipinski definition) is 1. The summed E-state index contributed by atoms with van der Waals surface area (Å²) in [6.45, 7) is 2.75. The van der Waals surface area contributed by atoms with E-state index in [4.69, 9.17) is 5.11 Å². The summed E-state index contributed by atoms with van der Waals surface area (Å²) in [5.41, 5.74) is 0. The van der Waals surface area contributed by atoms with Crippen molar-refractivity contribution in [2.75, 3.05) is 6.61 Å². The molecule has 0 saturated heterocycles. The van der Waals surface area contributed by atoms with E-state index in [-0.39, 0.29) is 0 Å². The fraction of sp³-hybridized carbons (Fsp3) is 1.00. The fourth-order valence-electron chi connectivity index (χ4n) is 7.79. The topological polar surface area (TPSA) is 20.2 Å². The SMILES string of the molecule is CCCCCCCCCCCCCCCCCCCC[C@@H]1C[C@@H]1CCCCCCCCCCCCCC[C@@H]1C[C@@H]1CO. The van der Waals surface area contributed by atoms with E-state index in [1.165, 1.54) is 205 Å². The summed E-state index contributed by atoms with van der Waals surface area (Å²) in [7, 11) is 0. The van der Waals surface area contributed by atoms with E-state index in [9.17, 15) is 0 Å². The normalized spacial score (nSPS) is 21.3. The van der Waals surface area contributed by atoms with Gasteiger partial charge in [0.25, 0.3) is 0 Å². The summed E-state index contributed by atoms with van der Waals surface area (Å²) in [6, 6.07) is 0. The van der Waals surface area contributed by atoms with Gasteiger partial charge in [-0.15, -0.1) is 0 Å². The highest BCUT2D eigenvalue weighted by Gasteiger charge is 2.35. The van der Waals surface area contributed by atoms with Gasteiger partial charge in [-0.2, -0.15) is 0 Å². The minimum atomic E-state index is 0.436. The zero-order valence-electron chi connectivity index (χ0n) is 29.2. The Morgan fingerprint density at radius 2 is 0.524 bits per heavy atom. The number of rotatable bonds is 35. The van der Waals surface area contributed by atoms with Crippen molar-refractivity contribution in [1.29, 1.82) is 0 Å². The Balaban J connectivity index is 1.16. The van der Waals surface area contributed by atoms with Crippen molar-refractivity contribution in [3.05, 3.63) is 0 Å². The third kappa shape index (κ3) is 23.4. The van der Waals surface area contributed by atoms with Crippen LogP contribution in [0, 0.1) is 23.7 Å². The van der Waals surface area contributed by atoms with Crippen LogP contribution in [0.15, 0.2) is 0 Å². The Morgan fingerprint density at radius 3 is 0.762 bits per heavy atom. The summed E-state index contributed by atoms with van der Waals surface area (Å²) in [6.07, 6.45) is 51.7. The van der Waals surface area contributed by atoms with Crippen LogP contribution < -0.4 is 0 Å². The van der Waals surface area contributed by atoms with Crippen LogP contribution in [0.4, 0.5) is 0 Å². The maximum absolute atomic E-state index is 9.11. The molecule has 0 radical (unpaired) electrons. The smallest absolute Gasteiger partial charge is 0.0462 e. The lowest BCUT2D eigenvalue weighted by atomic mass is 10.0. The van der Waals surface area contributed by atoms with Gasteiger partial charge in [0.05, 0.1) is 0 Å². The van der Waals surface area contributed by atoms with Crippen LogP contribution in [0.25, 0.3) is 0 Å². The monoisotopic (exact) mass is 589 g/mol. The Hall–Kier alpha value is -0.0400. The first-order chi connectivity index (χ1) is 20.8. The van der Waals surface area contributed by atoms with E-state index in [1.807, 2.05) is 0 Å². The third-order valence-electron chi connectivity index (χ3n) is 11.2. The first-order valence-electron chi connectivity index (χ1n) is 20.5. The molecule has 4 atom stereocenters. The molecule has 2 aliphatic carbocycles. The quantitative estimate of drug-likeness (QED) is 0.0730. The van der Waals surface area contributed by atoms with Gasteiger partial charge in [-0.05, 0) is 36.5 Å². The minimum Gasteiger partial charge on any atom is -0.396 e. The lowest BCUT2D eigenvalue weighted by molar-refractivity contribution is 0.267. The number of aliphatic hydroxyl groups is 1. The average molecular weight is 589 g/mol. The van der Waals surface area contributed by atoms with E-state index >= 15 is 0 Å². The molecule has 250 valence electrons. The van der Waals surface area contributed by atoms with Crippen LogP contribution in [-0.2, 0) is 0 Å². The van der Waals surface area contributed by atoms with Gasteiger partial charge in [-0.1, -0.05) is 219 Å². The molecule has 0 heterocycles. The van der Waals surface area contributed by atoms with Crippen LogP contribution in [0.1, 0.15) is 232 Å². The molecule has 0 aliphatic heterocycles. The summed E-state index contributed by atoms with van der Waals surface area (Å²) < 4.78 is 0. The maximum atomic E-state index is 9.11. The van der Waals surface area contributed by atoms with Crippen LogP contribution in [0.5, 0.6) is 0 Å². The summed E-state index contributed by atoms with van der Waals surface area (Å²) in [5, 5.41) is 9.11. The van der Waals surface area contributed by atoms with Gasteiger partial charge in [0.2, 0.25) is 0 Å². The second kappa shape index (κ2) is 28.4. The van der Waals surface area contributed by atoms with Gasteiger partial charge in [-0.3, -0.25) is 0 Å². The molecule has 0 amide bonds. The molecule has 2 saturated carbocycles. The van der Waals surface area contributed by atoms with Gasteiger partial charge >= 0.3 is 0 Å². The second-order valence-electron chi connectivity index (χ2n) is 15.3. The maximum Gasteiger partial charge on any atom is 0.0462 e. The molecule has 42 heavy (non-hydrogen) atoms. The highest BCUT2D eigenvalue weighted by atomic mass is 16.3. The zero-order valence-corrected chi connectivity index (χ0v) is 29.2. The summed E-state index contributed by atoms with van der Waals surface area (Å²) in [5.74, 6) is 3.79. The van der Waals surface area contributed by atoms with E-state index in [0.29, 0.717) is 12.5 Å². The van der Waals surface area contributed by atoms with Crippen molar-refractivity contribution in [2.24, 2.45) is 23.7 Å². The van der Waals surface area contributed by atoms with Crippen LogP contribution >= 0.6 is 0 Å². The van der Waals surface area contributed by atoms with Crippen molar-refractivity contribution in [3.8, 4) is 0 Å². The summed E-state index contributed by atoms with van der Waals surface area (Å²) in [4.78, 5) is 0. The molecule has 1 nitrogen and oxygen atoms in total. The van der Waals surface area contributed by atoms with Gasteiger partial charge < -0.3 is 5.11 Å². The molecule has 0 aromatic heterocycles. The van der Waals surface area contributed by atoms with Crippen molar-refractivity contribution in [2.45, 2.75) is 232 Å². The van der Waals surface area contributed by atoms with E-state index in [2.05, 4.69) is 6.92 Å². The highest BCUT2D eigenvalue weighted by Crippen LogP contribution is 2.46. The van der Waals surface area contributed by atoms with Crippen LogP contribution in [-0.4, -0.2) is 11.7 Å². The minimum absolute atomic E-state index is 0.436. The van der Waals surface area contributed by atoms with E-state index < -0.39 is 0 Å². The lowest BCUT2D eigenvalue weighted by Gasteiger charge is -2.04. The van der Waals surface area contributed by atoms with Crippen molar-refractivity contribution >= 4 is 0 Å². The molecule has 2 rings (SSSR count). The Kier molecular flexibility index (Phi) is 25.8. The number of aliphatic hydroxyl groups excluding tert-OH is 1. The largest absolute Gasteiger partial charge is 0.396 e. The number of unbranched alkanes of at least 4 members (excludes halogenated alkanes) is 28. The highest BCUT2D eigenvalue weighted by molar-refractivity contribution is 4.86. The molecular weight excluding hydrogens is 508 g/mol. The lowest BCUT2D eigenvalue weighted by Crippen LogP contribution is -1.89. The Bertz CT molecular complexity index is 543.